The Morgan fingerprint density at radius 1 is 1.08 bits per heavy atom. The molecule has 0 unspecified atom stereocenters. The number of hydrogen-bond acceptors (Lipinski definition) is 5. The molecular weight excluding hydrogens is 494 g/mol. The van der Waals surface area contributed by atoms with Crippen LogP contribution in [0, 0.1) is 0 Å². The highest BCUT2D eigenvalue weighted by Crippen LogP contribution is 2.22. The molecule has 0 fully saturated rings. The van der Waals surface area contributed by atoms with Crippen molar-refractivity contribution in [3.63, 3.8) is 0 Å². The first-order valence-electron chi connectivity index (χ1n) is 11.8. The highest BCUT2D eigenvalue weighted by atomic mass is 19.3. The molecule has 2 aromatic heterocycles. The van der Waals surface area contributed by atoms with Gasteiger partial charge < -0.3 is 15.0 Å². The van der Waals surface area contributed by atoms with Gasteiger partial charge in [0.1, 0.15) is 5.69 Å². The molecule has 3 aromatic rings. The molecule has 0 saturated carbocycles. The molecule has 1 aromatic carbocycles. The molecule has 0 amide bonds. The molecule has 3 rings (SSSR count). The van der Waals surface area contributed by atoms with E-state index >= 15 is 0 Å². The third-order valence-electron chi connectivity index (χ3n) is 4.53. The number of allylic oxidation sites excluding steroid dienone is 5. The molecule has 0 aliphatic rings. The average Bonchev–Trinajstić information content (AvgIpc) is 2.84. The maximum Gasteiger partial charge on any atom is 0.337 e. The van der Waals surface area contributed by atoms with E-state index in [9.17, 15) is 28.3 Å². The van der Waals surface area contributed by atoms with Gasteiger partial charge in [-0.3, -0.25) is 9.59 Å². The quantitative estimate of drug-likeness (QED) is 0.368. The van der Waals surface area contributed by atoms with E-state index in [2.05, 4.69) is 17.0 Å². The largest absolute Gasteiger partial charge is 0.478 e. The van der Waals surface area contributed by atoms with Gasteiger partial charge in [-0.05, 0) is 52.0 Å². The fourth-order valence-electron chi connectivity index (χ4n) is 2.98. The highest BCUT2D eigenvalue weighted by molar-refractivity contribution is 5.94. The first kappa shape index (κ1) is 31.7. The topological polar surface area (TPSA) is 106 Å². The molecule has 8 nitrogen and oxygen atoms in total. The molecule has 2 heterocycles. The first-order chi connectivity index (χ1) is 17.7. The first-order valence-corrected chi connectivity index (χ1v) is 11.8. The minimum absolute atomic E-state index is 0.0266. The number of carbonyl (C=O) groups is 1. The normalized spacial score (nSPS) is 10.9. The van der Waals surface area contributed by atoms with Crippen molar-refractivity contribution in [2.24, 2.45) is 7.05 Å². The minimum atomic E-state index is -2.50. The smallest absolute Gasteiger partial charge is 0.337 e. The Balaban J connectivity index is 0.000000924. The number of aromatic nitrogens is 3. The second-order valence-electron chi connectivity index (χ2n) is 8.47. The van der Waals surface area contributed by atoms with E-state index in [-0.39, 0.29) is 22.6 Å². The fraction of sp³-hybridized carbons (Fsp3) is 0.286. The Hall–Kier alpha value is -4.34. The second-order valence-corrected chi connectivity index (χ2v) is 8.47. The van der Waals surface area contributed by atoms with Crippen molar-refractivity contribution < 1.29 is 18.7 Å². The minimum Gasteiger partial charge on any atom is -0.478 e. The van der Waals surface area contributed by atoms with Crippen LogP contribution in [-0.2, 0) is 7.05 Å². The SMILES string of the molecule is C=C/C(=C\C=C(C)C)n1nc(Nc2cc(C(=O)O)cn(C)c2=O)c2ccccc2c1=O.CC.CC(C)(F)F. The molecule has 0 saturated heterocycles. The number of alkyl halides is 2. The molecule has 0 aliphatic heterocycles. The van der Waals surface area contributed by atoms with Crippen LogP contribution in [-0.4, -0.2) is 31.3 Å². The van der Waals surface area contributed by atoms with E-state index in [1.165, 1.54) is 34.6 Å². The van der Waals surface area contributed by atoms with Crippen molar-refractivity contribution in [3.8, 4) is 0 Å². The summed E-state index contributed by atoms with van der Waals surface area (Å²) in [5.41, 5.74) is 0.670. The van der Waals surface area contributed by atoms with Crippen LogP contribution in [0.1, 0.15) is 51.9 Å². The van der Waals surface area contributed by atoms with Gasteiger partial charge in [0.05, 0.1) is 16.6 Å². The van der Waals surface area contributed by atoms with Gasteiger partial charge >= 0.3 is 5.97 Å². The van der Waals surface area contributed by atoms with Crippen LogP contribution in [0.3, 0.4) is 0 Å². The predicted molar refractivity (Wildman–Crippen MR) is 149 cm³/mol. The summed E-state index contributed by atoms with van der Waals surface area (Å²) >= 11 is 0. The van der Waals surface area contributed by atoms with Gasteiger partial charge in [-0.1, -0.05) is 50.3 Å². The Morgan fingerprint density at radius 3 is 2.13 bits per heavy atom. The number of carboxylic acid groups (broad SMARTS) is 1. The number of aryl methyl sites for hydroxylation is 1. The number of benzene rings is 1. The number of carboxylic acids is 1. The van der Waals surface area contributed by atoms with E-state index in [1.807, 2.05) is 33.8 Å². The van der Waals surface area contributed by atoms with Crippen LogP contribution in [0.4, 0.5) is 20.3 Å². The van der Waals surface area contributed by atoms with Gasteiger partial charge in [0.25, 0.3) is 11.1 Å². The third-order valence-corrected chi connectivity index (χ3v) is 4.53. The standard InChI is InChI=1S/C23H22N4O4.C3H6F2.C2H6/c1-5-16(11-10-14(2)3)27-21(28)18-9-7-6-8-17(18)20(25-27)24-19-12-15(23(30)31)13-26(4)22(19)29;1-3(2,4)5;1-2/h5-13H,1H2,2-4H3,(H,24,25)(H,30,31);1-2H3;1-2H3/b16-11+;;. The average molecular weight is 529 g/mol. The van der Waals surface area contributed by atoms with E-state index in [1.54, 1.807) is 30.3 Å². The number of rotatable bonds is 6. The Kier molecular flexibility index (Phi) is 11.5. The molecule has 10 heteroatoms. The monoisotopic (exact) mass is 528 g/mol. The van der Waals surface area contributed by atoms with E-state index in [4.69, 9.17) is 0 Å². The molecule has 0 bridgehead atoms. The van der Waals surface area contributed by atoms with E-state index < -0.39 is 17.5 Å². The summed E-state index contributed by atoms with van der Waals surface area (Å²) in [5.74, 6) is -3.43. The van der Waals surface area contributed by atoms with Gasteiger partial charge in [0.2, 0.25) is 5.92 Å². The molecule has 0 aliphatic carbocycles. The summed E-state index contributed by atoms with van der Waals surface area (Å²) in [6.45, 7) is 13.3. The van der Waals surface area contributed by atoms with Crippen molar-refractivity contribution in [2.75, 3.05) is 5.32 Å². The zero-order valence-electron chi connectivity index (χ0n) is 22.7. The summed E-state index contributed by atoms with van der Waals surface area (Å²) in [6.07, 6.45) is 6.30. The van der Waals surface area contributed by atoms with E-state index in [0.717, 1.165) is 19.4 Å². The van der Waals surface area contributed by atoms with Crippen molar-refractivity contribution in [3.05, 3.63) is 93.2 Å². The van der Waals surface area contributed by atoms with E-state index in [0.29, 0.717) is 16.5 Å². The summed E-state index contributed by atoms with van der Waals surface area (Å²) in [6, 6.07) is 8.08. The van der Waals surface area contributed by atoms with Crippen LogP contribution in [0.25, 0.3) is 16.5 Å². The number of aromatic carboxylic acids is 1. The van der Waals surface area contributed by atoms with Gasteiger partial charge in [-0.15, -0.1) is 5.10 Å². The van der Waals surface area contributed by atoms with Crippen molar-refractivity contribution in [1.82, 2.24) is 14.3 Å². The summed E-state index contributed by atoms with van der Waals surface area (Å²) < 4.78 is 24.4. The van der Waals surface area contributed by atoms with Crippen molar-refractivity contribution in [2.45, 2.75) is 47.5 Å². The molecule has 0 spiro atoms. The lowest BCUT2D eigenvalue weighted by atomic mass is 10.1. The van der Waals surface area contributed by atoms with Crippen LogP contribution in [0.15, 0.2) is 76.5 Å². The van der Waals surface area contributed by atoms with Crippen molar-refractivity contribution >= 4 is 33.9 Å². The lowest BCUT2D eigenvalue weighted by Gasteiger charge is -2.13. The van der Waals surface area contributed by atoms with Crippen LogP contribution in [0.5, 0.6) is 0 Å². The second kappa shape index (κ2) is 13.8. The van der Waals surface area contributed by atoms with Crippen LogP contribution >= 0.6 is 0 Å². The van der Waals surface area contributed by atoms with Gasteiger partial charge in [-0.25, -0.2) is 13.6 Å². The number of hydrogen-bond donors (Lipinski definition) is 2. The third kappa shape index (κ3) is 8.95. The van der Waals surface area contributed by atoms with Gasteiger partial charge in [0, 0.05) is 18.6 Å². The Morgan fingerprint density at radius 2 is 1.63 bits per heavy atom. The van der Waals surface area contributed by atoms with Crippen LogP contribution in [0.2, 0.25) is 0 Å². The number of anilines is 2. The van der Waals surface area contributed by atoms with Crippen LogP contribution < -0.4 is 16.4 Å². The molecular formula is C28H34F2N4O4. The van der Waals surface area contributed by atoms with Gasteiger partial charge in [-0.2, -0.15) is 4.68 Å². The van der Waals surface area contributed by atoms with Crippen molar-refractivity contribution in [1.29, 1.82) is 0 Å². The molecule has 0 atom stereocenters. The lowest BCUT2D eigenvalue weighted by Crippen LogP contribution is -2.25. The maximum atomic E-state index is 13.1. The maximum absolute atomic E-state index is 13.1. The fourth-order valence-corrected chi connectivity index (χ4v) is 2.98. The molecule has 2 N–H and O–H groups in total. The molecule has 0 radical (unpaired) electrons. The Labute approximate surface area is 220 Å². The Bertz CT molecular complexity index is 1470. The summed E-state index contributed by atoms with van der Waals surface area (Å²) in [4.78, 5) is 37.0. The zero-order valence-corrected chi connectivity index (χ0v) is 22.7. The number of pyridine rings is 1. The summed E-state index contributed by atoms with van der Waals surface area (Å²) in [7, 11) is 1.46. The molecule has 204 valence electrons. The van der Waals surface area contributed by atoms with Gasteiger partial charge in [0.15, 0.2) is 5.82 Å². The predicted octanol–water partition coefficient (Wildman–Crippen LogP) is 6.22. The number of nitrogens with one attached hydrogen (secondary N) is 1. The number of fused-ring (bicyclic) bond motifs is 1. The lowest BCUT2D eigenvalue weighted by molar-refractivity contribution is 0.0437. The zero-order chi connectivity index (χ0) is 29.2. The number of nitrogens with zero attached hydrogens (tertiary/aromatic N) is 3. The summed E-state index contributed by atoms with van der Waals surface area (Å²) in [5, 5.41) is 17.5. The molecule has 38 heavy (non-hydrogen) atoms. The number of halogens is 2. The highest BCUT2D eigenvalue weighted by Gasteiger charge is 2.15.